The average Bonchev–Trinajstić information content (AvgIpc) is 3.12. The average molecular weight is 232 g/mol. The van der Waals surface area contributed by atoms with Crippen LogP contribution in [0.3, 0.4) is 0 Å². The molecule has 0 spiro atoms. The van der Waals surface area contributed by atoms with Crippen LogP contribution in [0.2, 0.25) is 0 Å². The smallest absolute Gasteiger partial charge is 0.306 e. The highest BCUT2D eigenvalue weighted by molar-refractivity contribution is 5.98. The maximum atomic E-state index is 11.9. The van der Waals surface area contributed by atoms with E-state index in [2.05, 4.69) is 0 Å². The number of Topliss-reactive ketones (excluding diaryl/α,β-unsaturated/α-hetero) is 1. The summed E-state index contributed by atoms with van der Waals surface area (Å²) >= 11 is 0. The largest absolute Gasteiger partial charge is 0.481 e. The fourth-order valence-corrected chi connectivity index (χ4v) is 1.87. The zero-order valence-electron chi connectivity index (χ0n) is 9.85. The topological polar surface area (TPSA) is 54.4 Å². The summed E-state index contributed by atoms with van der Waals surface area (Å²) in [6.07, 6.45) is 2.47. The lowest BCUT2D eigenvalue weighted by molar-refractivity contribution is -0.141. The molecule has 0 amide bonds. The van der Waals surface area contributed by atoms with Crippen molar-refractivity contribution in [3.05, 3.63) is 35.4 Å². The minimum Gasteiger partial charge on any atom is -0.481 e. The number of ketones is 1. The van der Waals surface area contributed by atoms with E-state index in [1.165, 1.54) is 18.4 Å². The quantitative estimate of drug-likeness (QED) is 0.794. The number of hydrogen-bond donors (Lipinski definition) is 1. The van der Waals surface area contributed by atoms with Crippen molar-refractivity contribution in [2.45, 2.75) is 32.1 Å². The molecule has 1 aliphatic rings. The lowest BCUT2D eigenvalue weighted by atomic mass is 9.98. The van der Waals surface area contributed by atoms with Crippen LogP contribution >= 0.6 is 0 Å². The minimum atomic E-state index is -0.920. The summed E-state index contributed by atoms with van der Waals surface area (Å²) < 4.78 is 0. The van der Waals surface area contributed by atoms with Crippen molar-refractivity contribution in [3.8, 4) is 0 Å². The highest BCUT2D eigenvalue weighted by Gasteiger charge is 2.24. The molecule has 2 rings (SSSR count). The fraction of sp³-hybridized carbons (Fsp3) is 0.429. The normalized spacial score (nSPS) is 16.5. The predicted octanol–water partition coefficient (Wildman–Crippen LogP) is 2.86. The molecule has 1 fully saturated rings. The van der Waals surface area contributed by atoms with Crippen LogP contribution in [-0.2, 0) is 4.79 Å². The van der Waals surface area contributed by atoms with Crippen molar-refractivity contribution in [1.29, 1.82) is 0 Å². The molecule has 1 aliphatic carbocycles. The Morgan fingerprint density at radius 1 is 1.41 bits per heavy atom. The van der Waals surface area contributed by atoms with E-state index in [1.54, 1.807) is 13.0 Å². The number of rotatable bonds is 5. The molecule has 90 valence electrons. The predicted molar refractivity (Wildman–Crippen MR) is 64.2 cm³/mol. The molecule has 0 aliphatic heterocycles. The van der Waals surface area contributed by atoms with E-state index in [0.717, 1.165) is 0 Å². The van der Waals surface area contributed by atoms with Crippen LogP contribution in [0.25, 0.3) is 0 Å². The molecule has 0 aromatic heterocycles. The third kappa shape index (κ3) is 2.93. The highest BCUT2D eigenvalue weighted by Crippen LogP contribution is 2.40. The Hall–Kier alpha value is -1.64. The molecule has 3 heteroatoms. The summed E-state index contributed by atoms with van der Waals surface area (Å²) in [5.74, 6) is -1.01. The Bertz CT molecular complexity index is 447. The molecule has 1 N–H and O–H groups in total. The lowest BCUT2D eigenvalue weighted by Gasteiger charge is -2.06. The second kappa shape index (κ2) is 4.70. The summed E-state index contributed by atoms with van der Waals surface area (Å²) in [6.45, 7) is 1.56. The minimum absolute atomic E-state index is 0.0729. The van der Waals surface area contributed by atoms with Crippen molar-refractivity contribution >= 4 is 11.8 Å². The molecule has 0 heterocycles. The van der Waals surface area contributed by atoms with Gasteiger partial charge in [-0.2, -0.15) is 0 Å². The van der Waals surface area contributed by atoms with E-state index < -0.39 is 11.9 Å². The molecule has 0 bridgehead atoms. The summed E-state index contributed by atoms with van der Waals surface area (Å²) in [6, 6.07) is 7.60. The number of hydrogen-bond acceptors (Lipinski definition) is 2. The summed E-state index contributed by atoms with van der Waals surface area (Å²) in [5.41, 5.74) is 1.85. The number of carbonyl (C=O) groups is 2. The van der Waals surface area contributed by atoms with Crippen molar-refractivity contribution in [2.24, 2.45) is 5.92 Å². The maximum absolute atomic E-state index is 11.9. The van der Waals surface area contributed by atoms with Crippen molar-refractivity contribution in [1.82, 2.24) is 0 Å². The van der Waals surface area contributed by atoms with E-state index in [0.29, 0.717) is 11.5 Å². The number of carboxylic acid groups (broad SMARTS) is 1. The lowest BCUT2D eigenvalue weighted by Crippen LogP contribution is -2.14. The molecular weight excluding hydrogens is 216 g/mol. The van der Waals surface area contributed by atoms with Gasteiger partial charge in [0.2, 0.25) is 0 Å². The third-order valence-electron chi connectivity index (χ3n) is 3.17. The molecule has 1 aromatic rings. The van der Waals surface area contributed by atoms with Crippen molar-refractivity contribution in [2.75, 3.05) is 0 Å². The van der Waals surface area contributed by atoms with Crippen LogP contribution in [0.5, 0.6) is 0 Å². The molecule has 0 saturated heterocycles. The second-order valence-corrected chi connectivity index (χ2v) is 4.77. The standard InChI is InChI=1S/C14H16O3/c1-9(14(16)17)7-13(15)12-4-2-3-11(8-12)10-5-6-10/h2-4,8-10H,5-7H2,1H3,(H,16,17). The Balaban J connectivity index is 2.08. The first-order chi connectivity index (χ1) is 8.08. The van der Waals surface area contributed by atoms with Gasteiger partial charge in [-0.05, 0) is 30.4 Å². The van der Waals surface area contributed by atoms with Crippen molar-refractivity contribution < 1.29 is 14.7 Å². The van der Waals surface area contributed by atoms with Gasteiger partial charge in [0.25, 0.3) is 0 Å². The zero-order chi connectivity index (χ0) is 12.4. The first-order valence-electron chi connectivity index (χ1n) is 5.94. The van der Waals surface area contributed by atoms with Crippen LogP contribution in [0.1, 0.15) is 48.0 Å². The molecule has 17 heavy (non-hydrogen) atoms. The number of carboxylic acids is 1. The highest BCUT2D eigenvalue weighted by atomic mass is 16.4. The second-order valence-electron chi connectivity index (χ2n) is 4.77. The molecular formula is C14H16O3. The first-order valence-corrected chi connectivity index (χ1v) is 5.94. The van der Waals surface area contributed by atoms with Crippen LogP contribution in [-0.4, -0.2) is 16.9 Å². The number of benzene rings is 1. The van der Waals surface area contributed by atoms with Gasteiger partial charge in [0.15, 0.2) is 5.78 Å². The zero-order valence-corrected chi connectivity index (χ0v) is 9.85. The monoisotopic (exact) mass is 232 g/mol. The van der Waals surface area contributed by atoms with E-state index in [1.807, 2.05) is 18.2 Å². The van der Waals surface area contributed by atoms with Gasteiger partial charge < -0.3 is 5.11 Å². The maximum Gasteiger partial charge on any atom is 0.306 e. The van der Waals surface area contributed by atoms with Gasteiger partial charge in [0.1, 0.15) is 0 Å². The van der Waals surface area contributed by atoms with Crippen LogP contribution in [0, 0.1) is 5.92 Å². The van der Waals surface area contributed by atoms with Crippen LogP contribution in [0.4, 0.5) is 0 Å². The Morgan fingerprint density at radius 2 is 2.12 bits per heavy atom. The summed E-state index contributed by atoms with van der Waals surface area (Å²) in [5, 5.41) is 8.78. The molecule has 1 unspecified atom stereocenters. The van der Waals surface area contributed by atoms with Crippen molar-refractivity contribution in [3.63, 3.8) is 0 Å². The Kier molecular flexibility index (Phi) is 3.27. The Morgan fingerprint density at radius 3 is 2.71 bits per heavy atom. The summed E-state index contributed by atoms with van der Waals surface area (Å²) in [7, 11) is 0. The van der Waals surface area contributed by atoms with Crippen LogP contribution < -0.4 is 0 Å². The third-order valence-corrected chi connectivity index (χ3v) is 3.17. The number of aliphatic carboxylic acids is 1. The van der Waals surface area contributed by atoms with E-state index in [4.69, 9.17) is 5.11 Å². The van der Waals surface area contributed by atoms with Gasteiger partial charge in [0.05, 0.1) is 5.92 Å². The van der Waals surface area contributed by atoms with Crippen LogP contribution in [0.15, 0.2) is 24.3 Å². The number of carbonyl (C=O) groups excluding carboxylic acids is 1. The van der Waals surface area contributed by atoms with E-state index in [9.17, 15) is 9.59 Å². The van der Waals surface area contributed by atoms with Gasteiger partial charge in [0, 0.05) is 12.0 Å². The van der Waals surface area contributed by atoms with E-state index in [-0.39, 0.29) is 12.2 Å². The summed E-state index contributed by atoms with van der Waals surface area (Å²) in [4.78, 5) is 22.6. The van der Waals surface area contributed by atoms with Gasteiger partial charge in [-0.25, -0.2) is 0 Å². The molecule has 3 nitrogen and oxygen atoms in total. The first kappa shape index (κ1) is 11.8. The molecule has 1 aromatic carbocycles. The van der Waals surface area contributed by atoms with Gasteiger partial charge >= 0.3 is 5.97 Å². The SMILES string of the molecule is CC(CC(=O)c1cccc(C2CC2)c1)C(=O)O. The molecule has 1 saturated carbocycles. The van der Waals surface area contributed by atoms with Gasteiger partial charge in [-0.3, -0.25) is 9.59 Å². The van der Waals surface area contributed by atoms with Gasteiger partial charge in [-0.1, -0.05) is 25.1 Å². The van der Waals surface area contributed by atoms with E-state index >= 15 is 0 Å². The fourth-order valence-electron chi connectivity index (χ4n) is 1.87. The van der Waals surface area contributed by atoms with Gasteiger partial charge in [-0.15, -0.1) is 0 Å². The Labute approximate surface area is 100 Å². The molecule has 1 atom stereocenters. The molecule has 0 radical (unpaired) electrons.